The Labute approximate surface area is 227 Å². The molecule has 2 saturated heterocycles. The van der Waals surface area contributed by atoms with Gasteiger partial charge in [0, 0.05) is 33.2 Å². The van der Waals surface area contributed by atoms with Gasteiger partial charge >= 0.3 is 4.87 Å². The molecule has 0 saturated carbocycles. The van der Waals surface area contributed by atoms with Crippen LogP contribution in [-0.2, 0) is 25.7 Å². The molecule has 0 radical (unpaired) electrons. The van der Waals surface area contributed by atoms with Crippen LogP contribution < -0.4 is 9.77 Å². The monoisotopic (exact) mass is 605 g/mol. The number of ether oxygens (including phenoxy) is 1. The van der Waals surface area contributed by atoms with Gasteiger partial charge in [-0.05, 0) is 35.7 Å². The lowest BCUT2D eigenvalue weighted by atomic mass is 9.87. The van der Waals surface area contributed by atoms with Gasteiger partial charge in [0.15, 0.2) is 0 Å². The maximum absolute atomic E-state index is 13.8. The third-order valence-electron chi connectivity index (χ3n) is 6.64. The summed E-state index contributed by atoms with van der Waals surface area (Å²) in [6.45, 7) is 1.84. The zero-order chi connectivity index (χ0) is 25.0. The molecule has 0 N–H and O–H groups in total. The van der Waals surface area contributed by atoms with E-state index in [2.05, 4.69) is 15.9 Å². The van der Waals surface area contributed by atoms with Crippen LogP contribution in [0.15, 0.2) is 56.1 Å². The highest BCUT2D eigenvalue weighted by molar-refractivity contribution is 9.10. The highest BCUT2D eigenvalue weighted by Crippen LogP contribution is 2.54. The Bertz CT molecular complexity index is 1400. The Hall–Kier alpha value is -2.25. The minimum absolute atomic E-state index is 0.0925. The van der Waals surface area contributed by atoms with E-state index in [4.69, 9.17) is 4.74 Å². The molecule has 3 aromatic rings. The van der Waals surface area contributed by atoms with Crippen molar-refractivity contribution in [3.63, 3.8) is 0 Å². The number of halogens is 1. The smallest absolute Gasteiger partial charge is 0.308 e. The molecule has 0 aliphatic carbocycles. The van der Waals surface area contributed by atoms with Crippen molar-refractivity contribution in [2.45, 2.75) is 22.7 Å². The van der Waals surface area contributed by atoms with E-state index in [0.29, 0.717) is 37.0 Å². The minimum atomic E-state index is -0.681. The van der Waals surface area contributed by atoms with Gasteiger partial charge < -0.3 is 9.64 Å². The Morgan fingerprint density at radius 1 is 1.06 bits per heavy atom. The van der Waals surface area contributed by atoms with Gasteiger partial charge in [-0.1, -0.05) is 45.1 Å². The number of rotatable bonds is 4. The van der Waals surface area contributed by atoms with Gasteiger partial charge in [-0.3, -0.25) is 23.7 Å². The number of hydrogen-bond acceptors (Lipinski definition) is 8. The lowest BCUT2D eigenvalue weighted by molar-refractivity contribution is -0.136. The van der Waals surface area contributed by atoms with Gasteiger partial charge in [0.05, 0.1) is 29.8 Å². The van der Waals surface area contributed by atoms with Crippen molar-refractivity contribution in [1.29, 1.82) is 0 Å². The van der Waals surface area contributed by atoms with Crippen molar-refractivity contribution in [2.75, 3.05) is 31.2 Å². The summed E-state index contributed by atoms with van der Waals surface area (Å²) in [5, 5.41) is 1.87. The van der Waals surface area contributed by atoms with Crippen LogP contribution in [0.1, 0.15) is 15.7 Å². The summed E-state index contributed by atoms with van der Waals surface area (Å²) in [6, 6.07) is 10.9. The van der Waals surface area contributed by atoms with Crippen LogP contribution in [0.25, 0.3) is 0 Å². The fourth-order valence-corrected chi connectivity index (χ4v) is 8.91. The quantitative estimate of drug-likeness (QED) is 0.424. The van der Waals surface area contributed by atoms with E-state index in [1.165, 1.54) is 32.6 Å². The number of imide groups is 1. The molecule has 6 rings (SSSR count). The number of morpholine rings is 1. The maximum atomic E-state index is 13.8. The van der Waals surface area contributed by atoms with Crippen molar-refractivity contribution in [3.8, 4) is 0 Å². The number of amides is 3. The van der Waals surface area contributed by atoms with Crippen LogP contribution in [0.5, 0.6) is 0 Å². The first-order valence-corrected chi connectivity index (χ1v) is 14.7. The van der Waals surface area contributed by atoms with Crippen LogP contribution in [0.3, 0.4) is 0 Å². The fourth-order valence-electron chi connectivity index (χ4n) is 4.92. The summed E-state index contributed by atoms with van der Waals surface area (Å²) < 4.78 is 7.67. The highest BCUT2D eigenvalue weighted by Gasteiger charge is 2.57. The number of hydrogen-bond donors (Lipinski definition) is 0. The van der Waals surface area contributed by atoms with Crippen LogP contribution in [0, 0.1) is 5.92 Å². The van der Waals surface area contributed by atoms with E-state index >= 15 is 0 Å². The zero-order valence-corrected chi connectivity index (χ0v) is 22.8. The number of nitrogens with zero attached hydrogens (tertiary/aromatic N) is 3. The third-order valence-corrected chi connectivity index (χ3v) is 10.7. The lowest BCUT2D eigenvalue weighted by Crippen LogP contribution is -2.43. The number of fused-ring (bicyclic) bond motifs is 2. The van der Waals surface area contributed by atoms with Crippen molar-refractivity contribution in [1.82, 2.24) is 9.47 Å². The Morgan fingerprint density at radius 3 is 2.50 bits per heavy atom. The molecule has 2 fully saturated rings. The van der Waals surface area contributed by atoms with Gasteiger partial charge in [-0.25, -0.2) is 4.90 Å². The molecule has 0 spiro atoms. The summed E-state index contributed by atoms with van der Waals surface area (Å²) in [6.07, 6.45) is 0. The van der Waals surface area contributed by atoms with Gasteiger partial charge in [0.1, 0.15) is 11.8 Å². The molecule has 3 aliphatic rings. The second-order valence-corrected chi connectivity index (χ2v) is 12.7. The average Bonchev–Trinajstić information content (AvgIpc) is 3.58. The summed E-state index contributed by atoms with van der Waals surface area (Å²) in [5.74, 6) is -1.75. The predicted molar refractivity (Wildman–Crippen MR) is 142 cm³/mol. The Kier molecular flexibility index (Phi) is 6.41. The molecule has 3 amide bonds. The molecule has 3 aliphatic heterocycles. The number of thiophene rings is 1. The summed E-state index contributed by atoms with van der Waals surface area (Å²) >= 11 is 7.22. The topological polar surface area (TPSA) is 88.9 Å². The number of anilines is 1. The molecule has 0 unspecified atom stereocenters. The first-order chi connectivity index (χ1) is 17.4. The molecule has 8 nitrogen and oxygen atoms in total. The number of aromatic nitrogens is 1. The zero-order valence-electron chi connectivity index (χ0n) is 18.8. The molecule has 1 aromatic carbocycles. The van der Waals surface area contributed by atoms with Crippen LogP contribution in [0.4, 0.5) is 5.69 Å². The molecular formula is C24H20BrN3O5S3. The average molecular weight is 607 g/mol. The fraction of sp³-hybridized carbons (Fsp3) is 0.333. The van der Waals surface area contributed by atoms with Crippen molar-refractivity contribution in [3.05, 3.63) is 65.7 Å². The second-order valence-electron chi connectivity index (χ2n) is 8.66. The highest BCUT2D eigenvalue weighted by atomic mass is 79.9. The van der Waals surface area contributed by atoms with Gasteiger partial charge in [0.2, 0.25) is 17.7 Å². The van der Waals surface area contributed by atoms with E-state index in [1.807, 2.05) is 17.5 Å². The van der Waals surface area contributed by atoms with E-state index < -0.39 is 17.1 Å². The normalized spacial score (nSPS) is 23.6. The van der Waals surface area contributed by atoms with Crippen molar-refractivity contribution in [2.24, 2.45) is 5.92 Å². The Balaban J connectivity index is 1.41. The van der Waals surface area contributed by atoms with Gasteiger partial charge in [-0.2, -0.15) is 0 Å². The van der Waals surface area contributed by atoms with E-state index in [9.17, 15) is 19.2 Å². The van der Waals surface area contributed by atoms with Gasteiger partial charge in [0.25, 0.3) is 0 Å². The largest absolute Gasteiger partial charge is 0.378 e. The number of carbonyl (C=O) groups excluding carboxylic acids is 3. The molecule has 3 atom stereocenters. The van der Waals surface area contributed by atoms with Crippen LogP contribution in [-0.4, -0.2) is 58.7 Å². The van der Waals surface area contributed by atoms with Gasteiger partial charge in [-0.15, -0.1) is 11.3 Å². The molecule has 36 heavy (non-hydrogen) atoms. The molecule has 12 heteroatoms. The summed E-state index contributed by atoms with van der Waals surface area (Å²) in [7, 11) is 0. The SMILES string of the molecule is O=C(Cn1c2c(sc1=O)[C@@H](c1cccs1)[C@H]1C(=O)N(c3ccc(Br)cc3)C(=O)[C@H]1S2)N1CCOCC1. The van der Waals surface area contributed by atoms with Crippen LogP contribution >= 0.6 is 50.4 Å². The third kappa shape index (κ3) is 3.99. The molecule has 186 valence electrons. The maximum Gasteiger partial charge on any atom is 0.308 e. The lowest BCUT2D eigenvalue weighted by Gasteiger charge is -2.30. The second kappa shape index (κ2) is 9.56. The first kappa shape index (κ1) is 24.1. The van der Waals surface area contributed by atoms with Crippen molar-refractivity contribution < 1.29 is 19.1 Å². The van der Waals surface area contributed by atoms with E-state index in [-0.39, 0.29) is 29.1 Å². The summed E-state index contributed by atoms with van der Waals surface area (Å²) in [5.41, 5.74) is 0.524. The standard InChI is InChI=1S/C24H20BrN3O5S3/c25-13-3-5-14(6-4-13)28-21(30)18-17(15-2-1-11-34-15)20-23(35-19(18)22(28)31)27(24(32)36-20)12-16(29)26-7-9-33-10-8-26/h1-6,11,17-19H,7-10,12H2/t17-,18+,19-/m0/s1. The predicted octanol–water partition coefficient (Wildman–Crippen LogP) is 3.39. The molecule has 0 bridgehead atoms. The Morgan fingerprint density at radius 2 is 1.81 bits per heavy atom. The van der Waals surface area contributed by atoms with Crippen molar-refractivity contribution >= 4 is 73.8 Å². The van der Waals surface area contributed by atoms with Crippen LogP contribution in [0.2, 0.25) is 0 Å². The first-order valence-electron chi connectivity index (χ1n) is 11.4. The minimum Gasteiger partial charge on any atom is -0.378 e. The molecule has 2 aromatic heterocycles. The number of thiazole rings is 1. The number of carbonyl (C=O) groups is 3. The van der Waals surface area contributed by atoms with E-state index in [0.717, 1.165) is 25.6 Å². The number of thioether (sulfide) groups is 1. The number of benzene rings is 1. The van der Waals surface area contributed by atoms with E-state index in [1.54, 1.807) is 29.2 Å². The molecular weight excluding hydrogens is 586 g/mol. The summed E-state index contributed by atoms with van der Waals surface area (Å²) in [4.78, 5) is 57.9. The molecule has 5 heterocycles.